The number of hydrogen-bond donors (Lipinski definition) is 3. The normalized spacial score (nSPS) is 23.7. The molecule has 2 aromatic carbocycles. The van der Waals surface area contributed by atoms with Gasteiger partial charge in [-0.3, -0.25) is 4.79 Å². The maximum absolute atomic E-state index is 12.8. The quantitative estimate of drug-likeness (QED) is 0.510. The number of fused-ring (bicyclic) bond motifs is 1. The van der Waals surface area contributed by atoms with Gasteiger partial charge in [0.1, 0.15) is 0 Å². The molecule has 3 atom stereocenters. The molecule has 7 heteroatoms. The number of nitrogens with one attached hydrogen (secondary N) is 2. The molecule has 2 aliphatic rings. The van der Waals surface area contributed by atoms with Crippen molar-refractivity contribution >= 4 is 15.9 Å². The molecule has 4 rings (SSSR count). The van der Waals surface area contributed by atoms with Gasteiger partial charge in [-0.25, -0.2) is 13.1 Å². The van der Waals surface area contributed by atoms with Crippen LogP contribution in [0.4, 0.5) is 0 Å². The van der Waals surface area contributed by atoms with Crippen molar-refractivity contribution in [2.24, 2.45) is 11.7 Å². The first kappa shape index (κ1) is 23.0. The first-order valence-corrected chi connectivity index (χ1v) is 13.1. The molecule has 0 aliphatic heterocycles. The topological polar surface area (TPSA) is 101 Å². The van der Waals surface area contributed by atoms with Crippen LogP contribution in [-0.4, -0.2) is 33.0 Å². The molecular weight excluding hydrogens is 422 g/mol. The minimum Gasteiger partial charge on any atom is -0.366 e. The molecule has 0 bridgehead atoms. The summed E-state index contributed by atoms with van der Waals surface area (Å²) in [6.45, 7) is 1.20. The summed E-state index contributed by atoms with van der Waals surface area (Å²) < 4.78 is 28.4. The van der Waals surface area contributed by atoms with Crippen LogP contribution in [0.3, 0.4) is 0 Å². The number of amides is 1. The van der Waals surface area contributed by atoms with Crippen molar-refractivity contribution in [2.75, 3.05) is 13.1 Å². The van der Waals surface area contributed by atoms with Gasteiger partial charge in [-0.15, -0.1) is 0 Å². The second kappa shape index (κ2) is 9.73. The molecule has 0 saturated heterocycles. The van der Waals surface area contributed by atoms with E-state index in [1.165, 1.54) is 62.8 Å². The third-order valence-corrected chi connectivity index (χ3v) is 8.80. The Bertz CT molecular complexity index is 1020. The summed E-state index contributed by atoms with van der Waals surface area (Å²) >= 11 is 0. The SMILES string of the molecule is NC(=O)c1ccc(S(=O)(=O)NCC(CCNC23CCCCC2CC3)c2ccccc2)cc1. The van der Waals surface area contributed by atoms with Crippen molar-refractivity contribution in [1.82, 2.24) is 10.0 Å². The van der Waals surface area contributed by atoms with Gasteiger partial charge in [-0.05, 0) is 80.3 Å². The van der Waals surface area contributed by atoms with Crippen molar-refractivity contribution in [3.8, 4) is 0 Å². The average molecular weight is 456 g/mol. The van der Waals surface area contributed by atoms with Crippen molar-refractivity contribution in [3.05, 3.63) is 65.7 Å². The summed E-state index contributed by atoms with van der Waals surface area (Å²) in [6.07, 6.45) is 8.72. The maximum Gasteiger partial charge on any atom is 0.248 e. The van der Waals surface area contributed by atoms with E-state index in [1.54, 1.807) is 0 Å². The molecule has 0 spiro atoms. The average Bonchev–Trinajstić information content (AvgIpc) is 2.79. The fourth-order valence-corrected chi connectivity index (χ4v) is 6.38. The van der Waals surface area contributed by atoms with Gasteiger partial charge in [0.05, 0.1) is 4.90 Å². The Morgan fingerprint density at radius 3 is 2.41 bits per heavy atom. The molecule has 0 radical (unpaired) electrons. The molecule has 32 heavy (non-hydrogen) atoms. The van der Waals surface area contributed by atoms with Crippen molar-refractivity contribution in [1.29, 1.82) is 0 Å². The number of rotatable bonds is 10. The van der Waals surface area contributed by atoms with Crippen LogP contribution in [-0.2, 0) is 10.0 Å². The first-order chi connectivity index (χ1) is 15.4. The van der Waals surface area contributed by atoms with Gasteiger partial charge in [0.2, 0.25) is 15.9 Å². The van der Waals surface area contributed by atoms with Crippen LogP contribution >= 0.6 is 0 Å². The number of benzene rings is 2. The Hall–Kier alpha value is -2.22. The minimum absolute atomic E-state index is 0.0712. The van der Waals surface area contributed by atoms with E-state index in [-0.39, 0.29) is 16.4 Å². The molecule has 0 heterocycles. The van der Waals surface area contributed by atoms with Gasteiger partial charge in [0, 0.05) is 17.6 Å². The van der Waals surface area contributed by atoms with Gasteiger partial charge in [0.25, 0.3) is 0 Å². The third kappa shape index (κ3) is 5.05. The first-order valence-electron chi connectivity index (χ1n) is 11.6. The van der Waals surface area contributed by atoms with Crippen LogP contribution in [0.1, 0.15) is 66.8 Å². The predicted octanol–water partition coefficient (Wildman–Crippen LogP) is 3.55. The molecule has 172 valence electrons. The molecule has 2 saturated carbocycles. The van der Waals surface area contributed by atoms with E-state index in [2.05, 4.69) is 22.2 Å². The fraction of sp³-hybridized carbons (Fsp3) is 0.480. The van der Waals surface area contributed by atoms with Crippen LogP contribution < -0.4 is 15.8 Å². The summed E-state index contributed by atoms with van der Waals surface area (Å²) in [4.78, 5) is 11.4. The van der Waals surface area contributed by atoms with Crippen LogP contribution in [0.25, 0.3) is 0 Å². The van der Waals surface area contributed by atoms with Gasteiger partial charge < -0.3 is 11.1 Å². The van der Waals surface area contributed by atoms with Crippen LogP contribution in [0.5, 0.6) is 0 Å². The Balaban J connectivity index is 1.40. The number of carbonyl (C=O) groups is 1. The molecular formula is C25H33N3O3S. The largest absolute Gasteiger partial charge is 0.366 e. The standard InChI is InChI=1S/C25H33N3O3S/c26-24(29)20-9-11-23(12-10-20)32(30,31)28-18-21(19-6-2-1-3-7-19)14-17-27-25-15-5-4-8-22(25)13-16-25/h1-3,6-7,9-12,21-22,27-28H,4-5,8,13-18H2,(H2,26,29). The molecule has 3 unspecified atom stereocenters. The number of sulfonamides is 1. The fourth-order valence-electron chi connectivity index (χ4n) is 5.30. The van der Waals surface area contributed by atoms with Crippen molar-refractivity contribution in [3.63, 3.8) is 0 Å². The molecule has 0 aromatic heterocycles. The second-order valence-electron chi connectivity index (χ2n) is 9.20. The second-order valence-corrected chi connectivity index (χ2v) is 11.0. The highest BCUT2D eigenvalue weighted by Gasteiger charge is 2.47. The van der Waals surface area contributed by atoms with Gasteiger partial charge in [-0.1, -0.05) is 43.2 Å². The zero-order valence-corrected chi connectivity index (χ0v) is 19.2. The lowest BCUT2D eigenvalue weighted by molar-refractivity contribution is 0.0365. The van der Waals surface area contributed by atoms with E-state index in [4.69, 9.17) is 5.73 Å². The Kier molecular flexibility index (Phi) is 6.98. The zero-order valence-electron chi connectivity index (χ0n) is 18.4. The number of nitrogens with two attached hydrogens (primary N) is 1. The van der Waals surface area contributed by atoms with Crippen LogP contribution in [0, 0.1) is 5.92 Å². The summed E-state index contributed by atoms with van der Waals surface area (Å²) in [5.41, 5.74) is 6.99. The molecule has 4 N–H and O–H groups in total. The van der Waals surface area contributed by atoms with E-state index < -0.39 is 15.9 Å². The van der Waals surface area contributed by atoms with E-state index in [1.807, 2.05) is 18.2 Å². The van der Waals surface area contributed by atoms with E-state index in [0.29, 0.717) is 12.1 Å². The predicted molar refractivity (Wildman–Crippen MR) is 126 cm³/mol. The van der Waals surface area contributed by atoms with Crippen molar-refractivity contribution in [2.45, 2.75) is 61.3 Å². The van der Waals surface area contributed by atoms with Gasteiger partial charge in [0.15, 0.2) is 0 Å². The number of carbonyl (C=O) groups excluding carboxylic acids is 1. The molecule has 1 amide bonds. The van der Waals surface area contributed by atoms with Crippen LogP contribution in [0.15, 0.2) is 59.5 Å². The summed E-state index contributed by atoms with van der Waals surface area (Å²) in [6, 6.07) is 15.8. The number of hydrogen-bond acceptors (Lipinski definition) is 4. The van der Waals surface area contributed by atoms with E-state index >= 15 is 0 Å². The van der Waals surface area contributed by atoms with E-state index in [9.17, 15) is 13.2 Å². The highest BCUT2D eigenvalue weighted by atomic mass is 32.2. The highest BCUT2D eigenvalue weighted by Crippen LogP contribution is 2.48. The molecule has 2 aromatic rings. The smallest absolute Gasteiger partial charge is 0.248 e. The van der Waals surface area contributed by atoms with Gasteiger partial charge in [-0.2, -0.15) is 0 Å². The van der Waals surface area contributed by atoms with E-state index in [0.717, 1.165) is 24.4 Å². The maximum atomic E-state index is 12.8. The lowest BCUT2D eigenvalue weighted by atomic mass is 9.59. The van der Waals surface area contributed by atoms with Gasteiger partial charge >= 0.3 is 0 Å². The van der Waals surface area contributed by atoms with Crippen molar-refractivity contribution < 1.29 is 13.2 Å². The number of primary amides is 1. The molecule has 6 nitrogen and oxygen atoms in total. The Labute approximate surface area is 191 Å². The summed E-state index contributed by atoms with van der Waals surface area (Å²) in [5.74, 6) is 0.305. The monoisotopic (exact) mass is 455 g/mol. The van der Waals surface area contributed by atoms with Crippen LogP contribution in [0.2, 0.25) is 0 Å². The lowest BCUT2D eigenvalue weighted by Gasteiger charge is -2.54. The zero-order chi connectivity index (χ0) is 22.6. The molecule has 2 aliphatic carbocycles. The highest BCUT2D eigenvalue weighted by molar-refractivity contribution is 7.89. The Morgan fingerprint density at radius 2 is 1.78 bits per heavy atom. The minimum atomic E-state index is -3.68. The lowest BCUT2D eigenvalue weighted by Crippen LogP contribution is -2.59. The summed E-state index contributed by atoms with van der Waals surface area (Å²) in [5, 5.41) is 3.86. The Morgan fingerprint density at radius 1 is 1.03 bits per heavy atom. The summed E-state index contributed by atoms with van der Waals surface area (Å²) in [7, 11) is -3.68. The third-order valence-electron chi connectivity index (χ3n) is 7.36. The molecule has 2 fully saturated rings.